The quantitative estimate of drug-likeness (QED) is 0.774. The standard InChI is InChI=1S/C19H21N3O3/c1-22(2)11-15-16(24-3)8-12(9-17(15)25-4)14-10-21-19(23)13-6-5-7-20-18(13)14/h5-10H,11H2,1-4H3,(H,21,23). The normalized spacial score (nSPS) is 11.1. The van der Waals surface area contributed by atoms with Gasteiger partial charge in [-0.2, -0.15) is 0 Å². The molecule has 3 aromatic rings. The molecule has 0 bridgehead atoms. The van der Waals surface area contributed by atoms with Crippen LogP contribution in [0.25, 0.3) is 22.0 Å². The van der Waals surface area contributed by atoms with Crippen LogP contribution in [0.2, 0.25) is 0 Å². The Kier molecular flexibility index (Phi) is 4.72. The van der Waals surface area contributed by atoms with Gasteiger partial charge in [0.15, 0.2) is 0 Å². The molecule has 1 N–H and O–H groups in total. The maximum atomic E-state index is 12.0. The fourth-order valence-corrected chi connectivity index (χ4v) is 2.92. The van der Waals surface area contributed by atoms with Crippen LogP contribution in [0, 0.1) is 0 Å². The molecule has 25 heavy (non-hydrogen) atoms. The Labute approximate surface area is 146 Å². The first kappa shape index (κ1) is 17.0. The number of hydrogen-bond donors (Lipinski definition) is 1. The molecular weight excluding hydrogens is 318 g/mol. The highest BCUT2D eigenvalue weighted by molar-refractivity contribution is 5.93. The number of fused-ring (bicyclic) bond motifs is 1. The summed E-state index contributed by atoms with van der Waals surface area (Å²) in [5.41, 5.74) is 3.16. The number of aromatic amines is 1. The second-order valence-electron chi connectivity index (χ2n) is 6.03. The Morgan fingerprint density at radius 3 is 2.44 bits per heavy atom. The summed E-state index contributed by atoms with van der Waals surface area (Å²) >= 11 is 0. The number of ether oxygens (including phenoxy) is 2. The van der Waals surface area contributed by atoms with Gasteiger partial charge in [0.2, 0.25) is 0 Å². The van der Waals surface area contributed by atoms with Gasteiger partial charge in [0.25, 0.3) is 5.56 Å². The largest absolute Gasteiger partial charge is 0.496 e. The molecular formula is C19H21N3O3. The molecule has 2 heterocycles. The average molecular weight is 339 g/mol. The molecule has 0 amide bonds. The lowest BCUT2D eigenvalue weighted by Crippen LogP contribution is -2.13. The van der Waals surface area contributed by atoms with Crippen LogP contribution in [-0.2, 0) is 6.54 Å². The van der Waals surface area contributed by atoms with Crippen molar-refractivity contribution in [3.05, 3.63) is 52.6 Å². The SMILES string of the molecule is COc1cc(-c2c[nH]c(=O)c3cccnc23)cc(OC)c1CN(C)C. The molecule has 130 valence electrons. The third-order valence-corrected chi connectivity index (χ3v) is 4.05. The highest BCUT2D eigenvalue weighted by Crippen LogP contribution is 2.36. The van der Waals surface area contributed by atoms with E-state index in [-0.39, 0.29) is 5.56 Å². The molecule has 0 aliphatic heterocycles. The zero-order valence-electron chi connectivity index (χ0n) is 14.8. The van der Waals surface area contributed by atoms with Crippen LogP contribution in [0.3, 0.4) is 0 Å². The molecule has 0 radical (unpaired) electrons. The van der Waals surface area contributed by atoms with Crippen LogP contribution in [-0.4, -0.2) is 43.2 Å². The summed E-state index contributed by atoms with van der Waals surface area (Å²) in [5, 5.41) is 0.551. The van der Waals surface area contributed by atoms with Crippen molar-refractivity contribution in [1.82, 2.24) is 14.9 Å². The summed E-state index contributed by atoms with van der Waals surface area (Å²) in [6.45, 7) is 0.692. The number of nitrogens with one attached hydrogen (secondary N) is 1. The van der Waals surface area contributed by atoms with Gasteiger partial charge in [-0.25, -0.2) is 0 Å². The van der Waals surface area contributed by atoms with Crippen molar-refractivity contribution in [2.45, 2.75) is 6.54 Å². The van der Waals surface area contributed by atoms with E-state index in [1.165, 1.54) is 0 Å². The van der Waals surface area contributed by atoms with Crippen molar-refractivity contribution < 1.29 is 9.47 Å². The second-order valence-corrected chi connectivity index (χ2v) is 6.03. The van der Waals surface area contributed by atoms with Crippen LogP contribution >= 0.6 is 0 Å². The van der Waals surface area contributed by atoms with Crippen molar-refractivity contribution >= 4 is 10.9 Å². The van der Waals surface area contributed by atoms with Gasteiger partial charge in [0.1, 0.15) is 11.5 Å². The third kappa shape index (κ3) is 3.21. The van der Waals surface area contributed by atoms with Gasteiger partial charge in [-0.3, -0.25) is 9.78 Å². The first-order valence-corrected chi connectivity index (χ1v) is 7.91. The highest BCUT2D eigenvalue weighted by Gasteiger charge is 2.16. The van der Waals surface area contributed by atoms with Crippen LogP contribution in [0.5, 0.6) is 11.5 Å². The van der Waals surface area contributed by atoms with Gasteiger partial charge in [0.05, 0.1) is 30.7 Å². The Morgan fingerprint density at radius 1 is 1.16 bits per heavy atom. The molecule has 0 atom stereocenters. The number of hydrogen-bond acceptors (Lipinski definition) is 5. The number of methoxy groups -OCH3 is 2. The summed E-state index contributed by atoms with van der Waals surface area (Å²) in [6.07, 6.45) is 3.36. The van der Waals surface area contributed by atoms with Gasteiger partial charge in [-0.15, -0.1) is 0 Å². The van der Waals surface area contributed by atoms with E-state index in [0.29, 0.717) is 17.4 Å². The van der Waals surface area contributed by atoms with E-state index in [2.05, 4.69) is 14.9 Å². The Bertz CT molecular complexity index is 939. The van der Waals surface area contributed by atoms with Gasteiger partial charge in [-0.05, 0) is 43.9 Å². The second kappa shape index (κ2) is 6.94. The number of benzene rings is 1. The molecule has 0 unspecified atom stereocenters. The monoisotopic (exact) mass is 339 g/mol. The van der Waals surface area contributed by atoms with Crippen molar-refractivity contribution in [2.24, 2.45) is 0 Å². The van der Waals surface area contributed by atoms with Gasteiger partial charge in [-0.1, -0.05) is 0 Å². The van der Waals surface area contributed by atoms with E-state index in [0.717, 1.165) is 28.2 Å². The minimum atomic E-state index is -0.157. The summed E-state index contributed by atoms with van der Waals surface area (Å²) in [7, 11) is 7.26. The highest BCUT2D eigenvalue weighted by atomic mass is 16.5. The Hall–Kier alpha value is -2.86. The maximum absolute atomic E-state index is 12.0. The van der Waals surface area contributed by atoms with E-state index >= 15 is 0 Å². The number of pyridine rings is 2. The zero-order valence-corrected chi connectivity index (χ0v) is 14.8. The average Bonchev–Trinajstić information content (AvgIpc) is 2.62. The van der Waals surface area contributed by atoms with E-state index in [1.54, 1.807) is 38.7 Å². The third-order valence-electron chi connectivity index (χ3n) is 4.05. The minimum absolute atomic E-state index is 0.157. The number of nitrogens with zero attached hydrogens (tertiary/aromatic N) is 2. The summed E-state index contributed by atoms with van der Waals surface area (Å²) in [5.74, 6) is 1.47. The molecule has 0 fully saturated rings. The first-order valence-electron chi connectivity index (χ1n) is 7.91. The lowest BCUT2D eigenvalue weighted by molar-refractivity contribution is 0.349. The summed E-state index contributed by atoms with van der Waals surface area (Å²) in [4.78, 5) is 21.3. The Balaban J connectivity index is 2.25. The summed E-state index contributed by atoms with van der Waals surface area (Å²) in [6, 6.07) is 7.41. The molecule has 6 heteroatoms. The zero-order chi connectivity index (χ0) is 18.0. The molecule has 6 nitrogen and oxygen atoms in total. The fraction of sp³-hybridized carbons (Fsp3) is 0.263. The van der Waals surface area contributed by atoms with Crippen molar-refractivity contribution in [3.63, 3.8) is 0 Å². The molecule has 1 aromatic carbocycles. The molecule has 0 aliphatic rings. The number of H-pyrrole nitrogens is 1. The van der Waals surface area contributed by atoms with Crippen LogP contribution in [0.1, 0.15) is 5.56 Å². The van der Waals surface area contributed by atoms with Crippen molar-refractivity contribution in [1.29, 1.82) is 0 Å². The first-order chi connectivity index (χ1) is 12.0. The van der Waals surface area contributed by atoms with E-state index in [1.807, 2.05) is 26.2 Å². The minimum Gasteiger partial charge on any atom is -0.496 e. The molecule has 0 saturated carbocycles. The fourth-order valence-electron chi connectivity index (χ4n) is 2.92. The van der Waals surface area contributed by atoms with Gasteiger partial charge < -0.3 is 19.4 Å². The van der Waals surface area contributed by atoms with Crippen molar-refractivity contribution in [2.75, 3.05) is 28.3 Å². The van der Waals surface area contributed by atoms with E-state index in [4.69, 9.17) is 9.47 Å². The van der Waals surface area contributed by atoms with Crippen LogP contribution in [0.4, 0.5) is 0 Å². The molecule has 0 spiro atoms. The topological polar surface area (TPSA) is 67.5 Å². The molecule has 0 aliphatic carbocycles. The Morgan fingerprint density at radius 2 is 1.84 bits per heavy atom. The maximum Gasteiger partial charge on any atom is 0.257 e. The molecule has 3 rings (SSSR count). The van der Waals surface area contributed by atoms with Gasteiger partial charge in [0, 0.05) is 24.5 Å². The number of rotatable bonds is 5. The molecule has 2 aromatic heterocycles. The lowest BCUT2D eigenvalue weighted by Gasteiger charge is -2.18. The van der Waals surface area contributed by atoms with Crippen LogP contribution < -0.4 is 15.0 Å². The summed E-state index contributed by atoms with van der Waals surface area (Å²) < 4.78 is 11.2. The predicted octanol–water partition coefficient (Wildman–Crippen LogP) is 2.67. The lowest BCUT2D eigenvalue weighted by atomic mass is 10.0. The van der Waals surface area contributed by atoms with Gasteiger partial charge >= 0.3 is 0 Å². The van der Waals surface area contributed by atoms with Crippen molar-refractivity contribution in [3.8, 4) is 22.6 Å². The van der Waals surface area contributed by atoms with E-state index in [9.17, 15) is 4.79 Å². The smallest absolute Gasteiger partial charge is 0.257 e. The van der Waals surface area contributed by atoms with E-state index < -0.39 is 0 Å². The number of aromatic nitrogens is 2. The molecule has 0 saturated heterocycles. The van der Waals surface area contributed by atoms with Crippen LogP contribution in [0.15, 0.2) is 41.5 Å². The predicted molar refractivity (Wildman–Crippen MR) is 98.3 cm³/mol.